The molecule has 0 amide bonds. The molecule has 0 aliphatic carbocycles. The van der Waals surface area contributed by atoms with Gasteiger partial charge in [-0.05, 0) is 77.0 Å². The number of aryl methyl sites for hydroxylation is 2. The van der Waals surface area contributed by atoms with E-state index in [0.29, 0.717) is 11.5 Å². The largest absolute Gasteiger partial charge is 0.507 e. The van der Waals surface area contributed by atoms with Crippen LogP contribution in [0, 0.1) is 24.7 Å². The summed E-state index contributed by atoms with van der Waals surface area (Å²) in [5, 5.41) is 22.0. The van der Waals surface area contributed by atoms with E-state index in [1.54, 1.807) is 0 Å². The third-order valence-electron chi connectivity index (χ3n) is 8.28. The van der Waals surface area contributed by atoms with Gasteiger partial charge < -0.3 is 10.2 Å². The zero-order valence-electron chi connectivity index (χ0n) is 27.8. The molecule has 0 unspecified atom stereocenters. The zero-order chi connectivity index (χ0) is 30.3. The van der Waals surface area contributed by atoms with Crippen molar-refractivity contribution in [3.63, 3.8) is 0 Å². The first-order valence-electron chi connectivity index (χ1n) is 15.3. The standard InChI is InChI=1S/C36H58N2O2/c1-25-16-27(18-29(31(25)39)35(9,10)22-33(3,4)5)20-37-14-13-15-38(24-37)21-28-17-26(2)32(40)30(19-28)36(11,12)23-34(6,7)8/h16-19,39-40H,13-15,20-24H2,1-12H3. The van der Waals surface area contributed by atoms with Gasteiger partial charge in [0.15, 0.2) is 0 Å². The Morgan fingerprint density at radius 2 is 0.950 bits per heavy atom. The highest BCUT2D eigenvalue weighted by molar-refractivity contribution is 5.48. The van der Waals surface area contributed by atoms with Gasteiger partial charge in [0, 0.05) is 37.3 Å². The van der Waals surface area contributed by atoms with Crippen LogP contribution in [0.15, 0.2) is 24.3 Å². The summed E-state index contributed by atoms with van der Waals surface area (Å²) in [4.78, 5) is 5.07. The van der Waals surface area contributed by atoms with Crippen LogP contribution < -0.4 is 0 Å². The molecule has 0 aromatic heterocycles. The van der Waals surface area contributed by atoms with Crippen LogP contribution in [0.4, 0.5) is 0 Å². The first-order chi connectivity index (χ1) is 18.2. The Kier molecular flexibility index (Phi) is 9.48. The SMILES string of the molecule is Cc1cc(CN2CCCN(Cc3cc(C)c(O)c(C(C)(C)CC(C)(C)C)c3)C2)cc(C(C)(C)CC(C)(C)C)c1O. The van der Waals surface area contributed by atoms with Crippen molar-refractivity contribution in [2.24, 2.45) is 10.8 Å². The molecule has 1 fully saturated rings. The van der Waals surface area contributed by atoms with Crippen LogP contribution in [-0.2, 0) is 23.9 Å². The Balaban J connectivity index is 1.78. The molecule has 2 N–H and O–H groups in total. The summed E-state index contributed by atoms with van der Waals surface area (Å²) in [7, 11) is 0. The third kappa shape index (κ3) is 8.49. The minimum Gasteiger partial charge on any atom is -0.507 e. The van der Waals surface area contributed by atoms with Crippen LogP contribution in [0.2, 0.25) is 0 Å². The lowest BCUT2D eigenvalue weighted by Crippen LogP contribution is -2.43. The topological polar surface area (TPSA) is 46.9 Å². The maximum atomic E-state index is 11.0. The van der Waals surface area contributed by atoms with Gasteiger partial charge in [-0.2, -0.15) is 0 Å². The number of aromatic hydroxyl groups is 2. The number of phenols is 2. The van der Waals surface area contributed by atoms with Crippen molar-refractivity contribution in [2.75, 3.05) is 19.8 Å². The first-order valence-corrected chi connectivity index (χ1v) is 15.3. The molecular formula is C36H58N2O2. The average molecular weight is 551 g/mol. The van der Waals surface area contributed by atoms with Crippen LogP contribution in [0.3, 0.4) is 0 Å². The van der Waals surface area contributed by atoms with Gasteiger partial charge in [-0.1, -0.05) is 93.5 Å². The van der Waals surface area contributed by atoms with Crippen molar-refractivity contribution in [3.05, 3.63) is 57.6 Å². The predicted octanol–water partition coefficient (Wildman–Crippen LogP) is 8.81. The number of hydrogen-bond acceptors (Lipinski definition) is 4. The lowest BCUT2D eigenvalue weighted by Gasteiger charge is -2.37. The van der Waals surface area contributed by atoms with Gasteiger partial charge in [-0.3, -0.25) is 9.80 Å². The van der Waals surface area contributed by atoms with Crippen molar-refractivity contribution >= 4 is 0 Å². The molecule has 40 heavy (non-hydrogen) atoms. The fraction of sp³-hybridized carbons (Fsp3) is 0.667. The van der Waals surface area contributed by atoms with E-state index in [9.17, 15) is 10.2 Å². The molecule has 224 valence electrons. The van der Waals surface area contributed by atoms with Crippen LogP contribution in [0.5, 0.6) is 11.5 Å². The number of nitrogens with zero attached hydrogens (tertiary/aromatic N) is 2. The fourth-order valence-corrected chi connectivity index (χ4v) is 7.48. The Morgan fingerprint density at radius 3 is 1.27 bits per heavy atom. The summed E-state index contributed by atoms with van der Waals surface area (Å²) < 4.78 is 0. The minimum atomic E-state index is -0.105. The van der Waals surface area contributed by atoms with Crippen molar-refractivity contribution in [3.8, 4) is 11.5 Å². The average Bonchev–Trinajstić information content (AvgIpc) is 2.75. The zero-order valence-corrected chi connectivity index (χ0v) is 27.8. The second kappa shape index (κ2) is 11.7. The molecule has 3 rings (SSSR count). The smallest absolute Gasteiger partial charge is 0.122 e. The van der Waals surface area contributed by atoms with E-state index in [0.717, 1.165) is 74.4 Å². The summed E-state index contributed by atoms with van der Waals surface area (Å²) in [6.45, 7) is 31.6. The first kappa shape index (κ1) is 32.5. The molecule has 0 saturated carbocycles. The summed E-state index contributed by atoms with van der Waals surface area (Å²) in [5.41, 5.74) is 6.78. The van der Waals surface area contributed by atoms with Gasteiger partial charge in [-0.25, -0.2) is 0 Å². The highest BCUT2D eigenvalue weighted by atomic mass is 16.3. The van der Waals surface area contributed by atoms with E-state index in [2.05, 4.69) is 103 Å². The molecule has 2 aromatic rings. The Morgan fingerprint density at radius 1 is 0.600 bits per heavy atom. The molecule has 4 nitrogen and oxygen atoms in total. The van der Waals surface area contributed by atoms with E-state index in [1.807, 2.05) is 13.8 Å². The van der Waals surface area contributed by atoms with E-state index < -0.39 is 0 Å². The summed E-state index contributed by atoms with van der Waals surface area (Å²) in [6.07, 6.45) is 3.15. The number of hydrogen-bond donors (Lipinski definition) is 2. The van der Waals surface area contributed by atoms with Crippen LogP contribution >= 0.6 is 0 Å². The Hall–Kier alpha value is -2.04. The number of phenolic OH excluding ortho intramolecular Hbond substituents is 2. The highest BCUT2D eigenvalue weighted by Crippen LogP contribution is 2.43. The van der Waals surface area contributed by atoms with Crippen LogP contribution in [0.1, 0.15) is 122 Å². The van der Waals surface area contributed by atoms with Gasteiger partial charge >= 0.3 is 0 Å². The van der Waals surface area contributed by atoms with E-state index in [-0.39, 0.29) is 21.7 Å². The molecule has 0 radical (unpaired) electrons. The van der Waals surface area contributed by atoms with Gasteiger partial charge in [0.25, 0.3) is 0 Å². The van der Waals surface area contributed by atoms with E-state index >= 15 is 0 Å². The van der Waals surface area contributed by atoms with E-state index in [1.165, 1.54) is 11.1 Å². The maximum absolute atomic E-state index is 11.0. The third-order valence-corrected chi connectivity index (χ3v) is 8.28. The van der Waals surface area contributed by atoms with Crippen molar-refractivity contribution in [1.29, 1.82) is 0 Å². The van der Waals surface area contributed by atoms with Gasteiger partial charge in [0.1, 0.15) is 11.5 Å². The summed E-state index contributed by atoms with van der Waals surface area (Å²) in [6, 6.07) is 8.83. The Labute approximate surface area is 245 Å². The normalized spacial score (nSPS) is 16.5. The highest BCUT2D eigenvalue weighted by Gasteiger charge is 2.32. The molecule has 2 aromatic carbocycles. The molecule has 0 spiro atoms. The number of rotatable bonds is 8. The summed E-state index contributed by atoms with van der Waals surface area (Å²) >= 11 is 0. The molecule has 4 heteroatoms. The molecule has 1 heterocycles. The molecule has 1 saturated heterocycles. The lowest BCUT2D eigenvalue weighted by atomic mass is 9.71. The number of benzene rings is 2. The molecule has 0 atom stereocenters. The van der Waals surface area contributed by atoms with Crippen molar-refractivity contribution < 1.29 is 10.2 Å². The second-order valence-corrected chi connectivity index (χ2v) is 16.5. The van der Waals surface area contributed by atoms with Gasteiger partial charge in [0.2, 0.25) is 0 Å². The van der Waals surface area contributed by atoms with Gasteiger partial charge in [0.05, 0.1) is 6.67 Å². The van der Waals surface area contributed by atoms with E-state index in [4.69, 9.17) is 0 Å². The fourth-order valence-electron chi connectivity index (χ4n) is 7.48. The minimum absolute atomic E-state index is 0.105. The molecular weight excluding hydrogens is 492 g/mol. The second-order valence-electron chi connectivity index (χ2n) is 16.5. The molecule has 0 bridgehead atoms. The Bertz CT molecular complexity index is 1090. The summed E-state index contributed by atoms with van der Waals surface area (Å²) in [5.74, 6) is 0.900. The quantitative estimate of drug-likeness (QED) is 0.345. The predicted molar refractivity (Wildman–Crippen MR) is 170 cm³/mol. The van der Waals surface area contributed by atoms with Crippen molar-refractivity contribution in [1.82, 2.24) is 9.80 Å². The lowest BCUT2D eigenvalue weighted by molar-refractivity contribution is 0.0744. The maximum Gasteiger partial charge on any atom is 0.122 e. The molecule has 1 aliphatic rings. The monoisotopic (exact) mass is 550 g/mol. The molecule has 1 aliphatic heterocycles. The van der Waals surface area contributed by atoms with Gasteiger partial charge in [-0.15, -0.1) is 0 Å². The van der Waals surface area contributed by atoms with Crippen LogP contribution in [0.25, 0.3) is 0 Å². The van der Waals surface area contributed by atoms with Crippen molar-refractivity contribution in [2.45, 2.75) is 126 Å². The van der Waals surface area contributed by atoms with Crippen LogP contribution in [-0.4, -0.2) is 39.8 Å².